The number of methoxy groups -OCH3 is 1. The van der Waals surface area contributed by atoms with Gasteiger partial charge in [0.2, 0.25) is 0 Å². The van der Waals surface area contributed by atoms with Gasteiger partial charge >= 0.3 is 6.03 Å². The van der Waals surface area contributed by atoms with Crippen LogP contribution in [0.2, 0.25) is 0 Å². The SMILES string of the molecule is COc1ccc(Br)c(CC2CCN(CCCC3CCN(C(=O)N(C)C)CC3)C2)c1. The van der Waals surface area contributed by atoms with Gasteiger partial charge in [0.1, 0.15) is 5.75 Å². The van der Waals surface area contributed by atoms with Crippen molar-refractivity contribution in [1.82, 2.24) is 14.7 Å². The molecule has 0 radical (unpaired) electrons. The molecule has 6 heteroatoms. The average molecular weight is 466 g/mol. The molecule has 5 nitrogen and oxygen atoms in total. The molecule has 1 atom stereocenters. The van der Waals surface area contributed by atoms with E-state index in [4.69, 9.17) is 4.74 Å². The van der Waals surface area contributed by atoms with E-state index in [1.165, 1.54) is 48.9 Å². The number of piperidine rings is 1. The Bertz CT molecular complexity index is 674. The van der Waals surface area contributed by atoms with Gasteiger partial charge in [0.25, 0.3) is 0 Å². The number of likely N-dealkylation sites (tertiary alicyclic amines) is 2. The predicted octanol–water partition coefficient (Wildman–Crippen LogP) is 4.50. The van der Waals surface area contributed by atoms with Crippen molar-refractivity contribution < 1.29 is 9.53 Å². The molecule has 0 N–H and O–H groups in total. The minimum Gasteiger partial charge on any atom is -0.497 e. The van der Waals surface area contributed by atoms with Crippen LogP contribution in [0.4, 0.5) is 4.79 Å². The first-order valence-electron chi connectivity index (χ1n) is 11.0. The van der Waals surface area contributed by atoms with Gasteiger partial charge in [-0.15, -0.1) is 0 Å². The minimum atomic E-state index is 0.161. The van der Waals surface area contributed by atoms with E-state index in [2.05, 4.69) is 33.0 Å². The van der Waals surface area contributed by atoms with Crippen molar-refractivity contribution in [3.8, 4) is 5.75 Å². The number of ether oxygens (including phenoxy) is 1. The van der Waals surface area contributed by atoms with Gasteiger partial charge in [-0.05, 0) is 87.2 Å². The van der Waals surface area contributed by atoms with E-state index in [1.807, 2.05) is 25.1 Å². The summed E-state index contributed by atoms with van der Waals surface area (Å²) in [5.74, 6) is 2.46. The third kappa shape index (κ3) is 6.35. The molecule has 2 amide bonds. The van der Waals surface area contributed by atoms with Crippen LogP contribution in [0.25, 0.3) is 0 Å². The zero-order chi connectivity index (χ0) is 20.8. The lowest BCUT2D eigenvalue weighted by molar-refractivity contribution is 0.144. The quantitative estimate of drug-likeness (QED) is 0.594. The smallest absolute Gasteiger partial charge is 0.319 e. The molecule has 1 unspecified atom stereocenters. The lowest BCUT2D eigenvalue weighted by Crippen LogP contribution is -2.43. The van der Waals surface area contributed by atoms with E-state index in [0.717, 1.165) is 49.9 Å². The Morgan fingerprint density at radius 2 is 1.90 bits per heavy atom. The monoisotopic (exact) mass is 465 g/mol. The number of urea groups is 1. The second kappa shape index (κ2) is 10.7. The summed E-state index contributed by atoms with van der Waals surface area (Å²) < 4.78 is 6.57. The summed E-state index contributed by atoms with van der Waals surface area (Å²) in [6, 6.07) is 6.43. The molecule has 0 aromatic heterocycles. The first kappa shape index (κ1) is 22.4. The molecular weight excluding hydrogens is 430 g/mol. The number of hydrogen-bond donors (Lipinski definition) is 0. The van der Waals surface area contributed by atoms with Crippen LogP contribution in [0.1, 0.15) is 37.7 Å². The summed E-state index contributed by atoms with van der Waals surface area (Å²) in [6.45, 7) is 5.49. The lowest BCUT2D eigenvalue weighted by Gasteiger charge is -2.33. The number of benzene rings is 1. The Hall–Kier alpha value is -1.27. The Balaban J connectivity index is 1.35. The summed E-state index contributed by atoms with van der Waals surface area (Å²) in [4.78, 5) is 18.4. The Labute approximate surface area is 184 Å². The second-order valence-electron chi connectivity index (χ2n) is 8.87. The van der Waals surface area contributed by atoms with Gasteiger partial charge in [-0.2, -0.15) is 0 Å². The third-order valence-corrected chi connectivity index (χ3v) is 7.26. The summed E-state index contributed by atoms with van der Waals surface area (Å²) in [7, 11) is 5.41. The fourth-order valence-electron chi connectivity index (χ4n) is 4.73. The van der Waals surface area contributed by atoms with E-state index in [0.29, 0.717) is 0 Å². The maximum Gasteiger partial charge on any atom is 0.319 e. The molecule has 0 spiro atoms. The largest absolute Gasteiger partial charge is 0.497 e. The van der Waals surface area contributed by atoms with Crippen LogP contribution < -0.4 is 4.74 Å². The molecule has 1 aromatic carbocycles. The predicted molar refractivity (Wildman–Crippen MR) is 122 cm³/mol. The normalized spacial score (nSPS) is 20.8. The molecule has 1 aromatic rings. The fraction of sp³-hybridized carbons (Fsp3) is 0.696. The molecule has 0 saturated carbocycles. The third-order valence-electron chi connectivity index (χ3n) is 6.49. The summed E-state index contributed by atoms with van der Waals surface area (Å²) >= 11 is 3.69. The second-order valence-corrected chi connectivity index (χ2v) is 9.72. The summed E-state index contributed by atoms with van der Waals surface area (Å²) in [6.07, 6.45) is 7.30. The summed E-state index contributed by atoms with van der Waals surface area (Å²) in [5, 5.41) is 0. The first-order chi connectivity index (χ1) is 14.0. The molecule has 2 fully saturated rings. The van der Waals surface area contributed by atoms with Gasteiger partial charge < -0.3 is 19.4 Å². The van der Waals surface area contributed by atoms with Gasteiger partial charge in [-0.3, -0.25) is 0 Å². The highest BCUT2D eigenvalue weighted by Crippen LogP contribution is 2.29. The molecule has 0 bridgehead atoms. The first-order valence-corrected chi connectivity index (χ1v) is 11.8. The number of halogens is 1. The number of rotatable bonds is 7. The Morgan fingerprint density at radius 1 is 1.17 bits per heavy atom. The van der Waals surface area contributed by atoms with Crippen molar-refractivity contribution in [2.75, 3.05) is 53.9 Å². The van der Waals surface area contributed by atoms with Gasteiger partial charge in [0.05, 0.1) is 7.11 Å². The van der Waals surface area contributed by atoms with E-state index >= 15 is 0 Å². The van der Waals surface area contributed by atoms with Crippen LogP contribution in [0.3, 0.4) is 0 Å². The highest BCUT2D eigenvalue weighted by atomic mass is 79.9. The molecular formula is C23H36BrN3O2. The topological polar surface area (TPSA) is 36.0 Å². The number of carbonyl (C=O) groups excluding carboxylic acids is 1. The zero-order valence-electron chi connectivity index (χ0n) is 18.2. The number of amides is 2. The van der Waals surface area contributed by atoms with Crippen molar-refractivity contribution >= 4 is 22.0 Å². The Morgan fingerprint density at radius 3 is 2.59 bits per heavy atom. The molecule has 2 saturated heterocycles. The zero-order valence-corrected chi connectivity index (χ0v) is 19.8. The molecule has 3 rings (SSSR count). The average Bonchev–Trinajstić information content (AvgIpc) is 3.17. The fourth-order valence-corrected chi connectivity index (χ4v) is 5.14. The van der Waals surface area contributed by atoms with Gasteiger partial charge in [0.15, 0.2) is 0 Å². The standard InChI is InChI=1S/C23H36BrN3O2/c1-25(2)23(28)27-13-9-18(10-14-27)5-4-11-26-12-8-19(17-26)15-20-16-21(29-3)6-7-22(20)24/h6-7,16,18-19H,4-5,8-15,17H2,1-3H3. The molecule has 2 aliphatic rings. The molecule has 0 aliphatic carbocycles. The highest BCUT2D eigenvalue weighted by molar-refractivity contribution is 9.10. The summed E-state index contributed by atoms with van der Waals surface area (Å²) in [5.41, 5.74) is 1.36. The van der Waals surface area contributed by atoms with Crippen LogP contribution in [0.5, 0.6) is 5.75 Å². The Kier molecular flexibility index (Phi) is 8.25. The number of hydrogen-bond acceptors (Lipinski definition) is 3. The molecule has 2 aliphatic heterocycles. The number of nitrogens with zero attached hydrogens (tertiary/aromatic N) is 3. The van der Waals surface area contributed by atoms with E-state index in [-0.39, 0.29) is 6.03 Å². The van der Waals surface area contributed by atoms with Crippen molar-refractivity contribution in [3.05, 3.63) is 28.2 Å². The van der Waals surface area contributed by atoms with Crippen LogP contribution in [-0.2, 0) is 6.42 Å². The van der Waals surface area contributed by atoms with Crippen LogP contribution in [0.15, 0.2) is 22.7 Å². The molecule has 2 heterocycles. The van der Waals surface area contributed by atoms with Crippen LogP contribution in [0, 0.1) is 11.8 Å². The van der Waals surface area contributed by atoms with Gasteiger partial charge in [-0.1, -0.05) is 15.9 Å². The van der Waals surface area contributed by atoms with Crippen molar-refractivity contribution in [3.63, 3.8) is 0 Å². The van der Waals surface area contributed by atoms with E-state index < -0.39 is 0 Å². The van der Waals surface area contributed by atoms with Crippen LogP contribution >= 0.6 is 15.9 Å². The maximum atomic E-state index is 12.0. The molecule has 29 heavy (non-hydrogen) atoms. The van der Waals surface area contributed by atoms with Crippen molar-refractivity contribution in [2.45, 2.75) is 38.5 Å². The maximum absolute atomic E-state index is 12.0. The lowest BCUT2D eigenvalue weighted by atomic mass is 9.92. The van der Waals surface area contributed by atoms with Gasteiger partial charge in [-0.25, -0.2) is 4.79 Å². The van der Waals surface area contributed by atoms with Gasteiger partial charge in [0, 0.05) is 38.2 Å². The van der Waals surface area contributed by atoms with Crippen molar-refractivity contribution in [2.24, 2.45) is 11.8 Å². The van der Waals surface area contributed by atoms with E-state index in [1.54, 1.807) is 12.0 Å². The van der Waals surface area contributed by atoms with Crippen LogP contribution in [-0.4, -0.2) is 74.7 Å². The number of carbonyl (C=O) groups is 1. The van der Waals surface area contributed by atoms with E-state index in [9.17, 15) is 4.79 Å². The minimum absolute atomic E-state index is 0.161. The van der Waals surface area contributed by atoms with Crippen molar-refractivity contribution in [1.29, 1.82) is 0 Å². The molecule has 162 valence electrons. The highest BCUT2D eigenvalue weighted by Gasteiger charge is 2.25.